The van der Waals surface area contributed by atoms with Gasteiger partial charge in [0.1, 0.15) is 11.5 Å². The molecule has 0 aromatic heterocycles. The highest BCUT2D eigenvalue weighted by atomic mass is 19.4. The SMILES string of the molecule is Cc1cccc(Oc2ccc(C)c(C(F)(F)F)c2)c1. The minimum Gasteiger partial charge on any atom is -0.457 e. The van der Waals surface area contributed by atoms with E-state index in [1.165, 1.54) is 19.1 Å². The summed E-state index contributed by atoms with van der Waals surface area (Å²) in [7, 11) is 0. The first-order valence-corrected chi connectivity index (χ1v) is 5.78. The lowest BCUT2D eigenvalue weighted by atomic mass is 10.1. The van der Waals surface area contributed by atoms with Crippen LogP contribution in [0.2, 0.25) is 0 Å². The van der Waals surface area contributed by atoms with Gasteiger partial charge in [0, 0.05) is 0 Å². The number of hydrogen-bond donors (Lipinski definition) is 0. The average molecular weight is 266 g/mol. The molecule has 0 saturated carbocycles. The fraction of sp³-hybridized carbons (Fsp3) is 0.200. The first kappa shape index (κ1) is 13.5. The Morgan fingerprint density at radius 1 is 0.895 bits per heavy atom. The van der Waals surface area contributed by atoms with Gasteiger partial charge in [-0.05, 0) is 49.2 Å². The molecule has 0 saturated heterocycles. The standard InChI is InChI=1S/C15H13F3O/c1-10-4-3-5-12(8-10)19-13-7-6-11(2)14(9-13)15(16,17)18/h3-9H,1-2H3. The van der Waals surface area contributed by atoms with Gasteiger partial charge in [-0.2, -0.15) is 13.2 Å². The Morgan fingerprint density at radius 2 is 1.58 bits per heavy atom. The fourth-order valence-electron chi connectivity index (χ4n) is 1.78. The number of ether oxygens (including phenoxy) is 1. The van der Waals surface area contributed by atoms with Gasteiger partial charge in [0.15, 0.2) is 0 Å². The summed E-state index contributed by atoms with van der Waals surface area (Å²) in [6.45, 7) is 3.32. The second kappa shape index (κ2) is 4.96. The van der Waals surface area contributed by atoms with E-state index in [1.807, 2.05) is 13.0 Å². The van der Waals surface area contributed by atoms with Crippen molar-refractivity contribution in [3.8, 4) is 11.5 Å². The molecule has 0 unspecified atom stereocenters. The predicted molar refractivity (Wildman–Crippen MR) is 67.4 cm³/mol. The zero-order valence-electron chi connectivity index (χ0n) is 10.6. The Labute approximate surface area is 109 Å². The number of halogens is 3. The van der Waals surface area contributed by atoms with E-state index in [0.717, 1.165) is 11.6 Å². The van der Waals surface area contributed by atoms with Crippen LogP contribution in [0.4, 0.5) is 13.2 Å². The van der Waals surface area contributed by atoms with Crippen LogP contribution in [0.3, 0.4) is 0 Å². The van der Waals surface area contributed by atoms with Gasteiger partial charge in [0.05, 0.1) is 5.56 Å². The maximum absolute atomic E-state index is 12.8. The summed E-state index contributed by atoms with van der Waals surface area (Å²) >= 11 is 0. The molecule has 0 radical (unpaired) electrons. The molecular weight excluding hydrogens is 253 g/mol. The highest BCUT2D eigenvalue weighted by molar-refractivity contribution is 5.40. The minimum absolute atomic E-state index is 0.184. The van der Waals surface area contributed by atoms with Gasteiger partial charge >= 0.3 is 6.18 Å². The van der Waals surface area contributed by atoms with Gasteiger partial charge in [-0.3, -0.25) is 0 Å². The van der Waals surface area contributed by atoms with E-state index in [-0.39, 0.29) is 11.3 Å². The first-order valence-electron chi connectivity index (χ1n) is 5.78. The van der Waals surface area contributed by atoms with Crippen LogP contribution < -0.4 is 4.74 Å². The van der Waals surface area contributed by atoms with Crippen molar-refractivity contribution in [1.82, 2.24) is 0 Å². The number of rotatable bonds is 2. The van der Waals surface area contributed by atoms with E-state index in [9.17, 15) is 13.2 Å². The van der Waals surface area contributed by atoms with Gasteiger partial charge in [-0.25, -0.2) is 0 Å². The molecule has 0 aliphatic carbocycles. The second-order valence-corrected chi connectivity index (χ2v) is 4.39. The molecule has 0 bridgehead atoms. The van der Waals surface area contributed by atoms with Crippen LogP contribution in [0.15, 0.2) is 42.5 Å². The second-order valence-electron chi connectivity index (χ2n) is 4.39. The van der Waals surface area contributed by atoms with E-state index in [4.69, 9.17) is 4.74 Å². The molecule has 2 aromatic carbocycles. The maximum atomic E-state index is 12.8. The lowest BCUT2D eigenvalue weighted by Gasteiger charge is -2.13. The van der Waals surface area contributed by atoms with Crippen LogP contribution in [0.1, 0.15) is 16.7 Å². The van der Waals surface area contributed by atoms with Crippen molar-refractivity contribution in [3.05, 3.63) is 59.2 Å². The van der Waals surface area contributed by atoms with Crippen LogP contribution in [0.25, 0.3) is 0 Å². The molecule has 0 amide bonds. The lowest BCUT2D eigenvalue weighted by molar-refractivity contribution is -0.138. The third-order valence-electron chi connectivity index (χ3n) is 2.74. The maximum Gasteiger partial charge on any atom is 0.416 e. The molecule has 0 spiro atoms. The number of hydrogen-bond acceptors (Lipinski definition) is 1. The molecule has 2 rings (SSSR count). The van der Waals surface area contributed by atoms with Crippen molar-refractivity contribution in [3.63, 3.8) is 0 Å². The van der Waals surface area contributed by atoms with Crippen LogP contribution >= 0.6 is 0 Å². The topological polar surface area (TPSA) is 9.23 Å². The first-order chi connectivity index (χ1) is 8.86. The van der Waals surface area contributed by atoms with Gasteiger partial charge in [0.2, 0.25) is 0 Å². The molecular formula is C15H13F3O. The van der Waals surface area contributed by atoms with E-state index in [1.54, 1.807) is 18.2 Å². The minimum atomic E-state index is -4.37. The fourth-order valence-corrected chi connectivity index (χ4v) is 1.78. The molecule has 0 heterocycles. The molecule has 2 aromatic rings. The van der Waals surface area contributed by atoms with Crippen LogP contribution in [0, 0.1) is 13.8 Å². The highest BCUT2D eigenvalue weighted by Gasteiger charge is 2.32. The Balaban J connectivity index is 2.32. The Morgan fingerprint density at radius 3 is 2.21 bits per heavy atom. The highest BCUT2D eigenvalue weighted by Crippen LogP contribution is 2.35. The third-order valence-corrected chi connectivity index (χ3v) is 2.74. The molecule has 1 nitrogen and oxygen atoms in total. The monoisotopic (exact) mass is 266 g/mol. The summed E-state index contributed by atoms with van der Waals surface area (Å²) in [5, 5.41) is 0. The third kappa shape index (κ3) is 3.28. The Kier molecular flexibility index (Phi) is 3.51. The molecule has 100 valence electrons. The average Bonchev–Trinajstić information content (AvgIpc) is 2.30. The van der Waals surface area contributed by atoms with Crippen molar-refractivity contribution in [2.75, 3.05) is 0 Å². The van der Waals surface area contributed by atoms with Crippen molar-refractivity contribution in [2.45, 2.75) is 20.0 Å². The summed E-state index contributed by atoms with van der Waals surface area (Å²) in [5.74, 6) is 0.709. The molecule has 0 aliphatic rings. The van der Waals surface area contributed by atoms with Gasteiger partial charge in [0.25, 0.3) is 0 Å². The summed E-state index contributed by atoms with van der Waals surface area (Å²) in [6.07, 6.45) is -4.37. The summed E-state index contributed by atoms with van der Waals surface area (Å²) in [6, 6.07) is 11.1. The number of benzene rings is 2. The lowest BCUT2D eigenvalue weighted by Crippen LogP contribution is -2.07. The van der Waals surface area contributed by atoms with Crippen molar-refractivity contribution in [2.24, 2.45) is 0 Å². The van der Waals surface area contributed by atoms with Crippen LogP contribution in [-0.2, 0) is 6.18 Å². The zero-order chi connectivity index (χ0) is 14.0. The van der Waals surface area contributed by atoms with Gasteiger partial charge in [-0.1, -0.05) is 18.2 Å². The molecule has 0 fully saturated rings. The number of alkyl halides is 3. The van der Waals surface area contributed by atoms with Crippen molar-refractivity contribution in [1.29, 1.82) is 0 Å². The summed E-state index contributed by atoms with van der Waals surface area (Å²) in [5.41, 5.74) is 0.502. The molecule has 0 N–H and O–H groups in total. The number of aryl methyl sites for hydroxylation is 2. The van der Waals surface area contributed by atoms with Crippen molar-refractivity contribution >= 4 is 0 Å². The zero-order valence-corrected chi connectivity index (χ0v) is 10.6. The Bertz CT molecular complexity index is 588. The smallest absolute Gasteiger partial charge is 0.416 e. The van der Waals surface area contributed by atoms with Crippen LogP contribution in [0.5, 0.6) is 11.5 Å². The largest absolute Gasteiger partial charge is 0.457 e. The quantitative estimate of drug-likeness (QED) is 0.733. The van der Waals surface area contributed by atoms with Crippen LogP contribution in [-0.4, -0.2) is 0 Å². The Hall–Kier alpha value is -1.97. The molecule has 19 heavy (non-hydrogen) atoms. The van der Waals surface area contributed by atoms with Crippen molar-refractivity contribution < 1.29 is 17.9 Å². The molecule has 4 heteroatoms. The summed E-state index contributed by atoms with van der Waals surface area (Å²) in [4.78, 5) is 0. The van der Waals surface area contributed by atoms with Gasteiger partial charge < -0.3 is 4.74 Å². The summed E-state index contributed by atoms with van der Waals surface area (Å²) < 4.78 is 43.8. The molecule has 0 atom stereocenters. The van der Waals surface area contributed by atoms with E-state index < -0.39 is 11.7 Å². The molecule has 0 aliphatic heterocycles. The normalized spacial score (nSPS) is 11.4. The van der Waals surface area contributed by atoms with Gasteiger partial charge in [-0.15, -0.1) is 0 Å². The van der Waals surface area contributed by atoms with E-state index in [0.29, 0.717) is 5.75 Å². The predicted octanol–water partition coefficient (Wildman–Crippen LogP) is 5.11. The van der Waals surface area contributed by atoms with E-state index in [2.05, 4.69) is 0 Å². The van der Waals surface area contributed by atoms with E-state index >= 15 is 0 Å².